The number of rotatable bonds is 6. The third-order valence-corrected chi connectivity index (χ3v) is 3.37. The van der Waals surface area contributed by atoms with E-state index in [0.717, 1.165) is 17.9 Å². The van der Waals surface area contributed by atoms with Gasteiger partial charge in [0.1, 0.15) is 11.8 Å². The number of carbonyl (C=O) groups is 1. The van der Waals surface area contributed by atoms with Crippen molar-refractivity contribution in [1.82, 2.24) is 0 Å². The number of anilines is 1. The third kappa shape index (κ3) is 3.63. The summed E-state index contributed by atoms with van der Waals surface area (Å²) in [4.78, 5) is 12.1. The maximum absolute atomic E-state index is 12.1. The van der Waals surface area contributed by atoms with Crippen molar-refractivity contribution in [1.29, 1.82) is 0 Å². The molecule has 0 aliphatic carbocycles. The number of benzene rings is 1. The van der Waals surface area contributed by atoms with E-state index >= 15 is 0 Å². The Morgan fingerprint density at radius 1 is 1.55 bits per heavy atom. The van der Waals surface area contributed by atoms with Crippen LogP contribution in [0.2, 0.25) is 0 Å². The van der Waals surface area contributed by atoms with E-state index in [1.54, 1.807) is 7.11 Å². The number of esters is 1. The van der Waals surface area contributed by atoms with Crippen LogP contribution in [0.4, 0.5) is 5.69 Å². The normalized spacial score (nSPS) is 19.4. The molecule has 0 bridgehead atoms. The molecule has 0 saturated carbocycles. The summed E-state index contributed by atoms with van der Waals surface area (Å²) in [6.45, 7) is 3.47. The topological polar surface area (TPSA) is 56.8 Å². The Kier molecular flexibility index (Phi) is 5.24. The molecule has 1 aliphatic rings. The van der Waals surface area contributed by atoms with Gasteiger partial charge in [0, 0.05) is 24.3 Å². The van der Waals surface area contributed by atoms with Crippen LogP contribution in [0.3, 0.4) is 0 Å². The van der Waals surface area contributed by atoms with Gasteiger partial charge in [-0.2, -0.15) is 0 Å². The molecule has 0 aromatic heterocycles. The lowest BCUT2D eigenvalue weighted by atomic mass is 9.98. The molecule has 1 aromatic rings. The number of nitrogens with one attached hydrogen (secondary N) is 1. The quantitative estimate of drug-likeness (QED) is 0.808. The van der Waals surface area contributed by atoms with Gasteiger partial charge in [-0.05, 0) is 25.5 Å². The molecule has 20 heavy (non-hydrogen) atoms. The number of ether oxygens (including phenoxy) is 3. The highest BCUT2D eigenvalue weighted by atomic mass is 16.5. The average Bonchev–Trinajstić information content (AvgIpc) is 2.99. The van der Waals surface area contributed by atoms with Crippen LogP contribution in [-0.2, 0) is 14.3 Å². The number of hydrogen-bond acceptors (Lipinski definition) is 5. The zero-order valence-electron chi connectivity index (χ0n) is 11.9. The van der Waals surface area contributed by atoms with Gasteiger partial charge in [0.25, 0.3) is 0 Å². The van der Waals surface area contributed by atoms with Crippen LogP contribution >= 0.6 is 0 Å². The molecule has 2 rings (SSSR count). The lowest BCUT2D eigenvalue weighted by Gasteiger charge is -2.23. The van der Waals surface area contributed by atoms with Crippen LogP contribution in [0.5, 0.6) is 5.75 Å². The zero-order valence-corrected chi connectivity index (χ0v) is 11.9. The summed E-state index contributed by atoms with van der Waals surface area (Å²) in [7, 11) is 1.62. The molecule has 0 radical (unpaired) electrons. The fourth-order valence-electron chi connectivity index (χ4n) is 2.31. The lowest BCUT2D eigenvalue weighted by Crippen LogP contribution is -2.38. The van der Waals surface area contributed by atoms with Gasteiger partial charge in [-0.25, -0.2) is 4.79 Å². The summed E-state index contributed by atoms with van der Waals surface area (Å²) in [5.41, 5.74) is 0.842. The van der Waals surface area contributed by atoms with Gasteiger partial charge in [0.05, 0.1) is 20.3 Å². The van der Waals surface area contributed by atoms with Crippen molar-refractivity contribution >= 4 is 11.7 Å². The average molecular weight is 279 g/mol. The second kappa shape index (κ2) is 7.14. The predicted octanol–water partition coefficient (Wildman–Crippen LogP) is 2.08. The van der Waals surface area contributed by atoms with E-state index in [9.17, 15) is 4.79 Å². The maximum atomic E-state index is 12.1. The van der Waals surface area contributed by atoms with E-state index in [2.05, 4.69) is 5.32 Å². The lowest BCUT2D eigenvalue weighted by molar-refractivity contribution is -0.145. The highest BCUT2D eigenvalue weighted by Gasteiger charge is 2.32. The molecule has 1 aromatic carbocycles. The summed E-state index contributed by atoms with van der Waals surface area (Å²) >= 11 is 0. The van der Waals surface area contributed by atoms with E-state index in [1.807, 2.05) is 31.2 Å². The molecule has 1 N–H and O–H groups in total. The molecule has 1 saturated heterocycles. The van der Waals surface area contributed by atoms with Crippen LogP contribution in [0.15, 0.2) is 24.3 Å². The minimum absolute atomic E-state index is 0.139. The third-order valence-electron chi connectivity index (χ3n) is 3.37. The van der Waals surface area contributed by atoms with Crippen molar-refractivity contribution < 1.29 is 19.0 Å². The van der Waals surface area contributed by atoms with Crippen LogP contribution in [0, 0.1) is 5.92 Å². The molecule has 110 valence electrons. The van der Waals surface area contributed by atoms with Gasteiger partial charge < -0.3 is 19.5 Å². The molecule has 2 atom stereocenters. The summed E-state index contributed by atoms with van der Waals surface area (Å²) in [5, 5.41) is 3.25. The molecule has 2 unspecified atom stereocenters. The monoisotopic (exact) mass is 279 g/mol. The van der Waals surface area contributed by atoms with Crippen molar-refractivity contribution in [3.8, 4) is 5.75 Å². The molecule has 1 aliphatic heterocycles. The molecule has 1 heterocycles. The molecule has 5 heteroatoms. The van der Waals surface area contributed by atoms with Crippen LogP contribution in [0.1, 0.15) is 13.3 Å². The standard InChI is InChI=1S/C15H21NO4/c1-3-20-15(17)14(11-7-8-19-10-11)16-12-5-4-6-13(9-12)18-2/h4-6,9,11,14,16H,3,7-8,10H2,1-2H3. The molecule has 0 spiro atoms. The first-order valence-electron chi connectivity index (χ1n) is 6.89. The highest BCUT2D eigenvalue weighted by Crippen LogP contribution is 2.23. The summed E-state index contributed by atoms with van der Waals surface area (Å²) in [6.07, 6.45) is 0.862. The van der Waals surface area contributed by atoms with Crippen LogP contribution in [-0.4, -0.2) is 38.9 Å². The van der Waals surface area contributed by atoms with Crippen molar-refractivity contribution in [2.45, 2.75) is 19.4 Å². The largest absolute Gasteiger partial charge is 0.497 e. The Bertz CT molecular complexity index is 443. The van der Waals surface area contributed by atoms with E-state index in [4.69, 9.17) is 14.2 Å². The van der Waals surface area contributed by atoms with Crippen molar-refractivity contribution in [2.75, 3.05) is 32.2 Å². The summed E-state index contributed by atoms with van der Waals surface area (Å²) < 4.78 is 15.7. The first-order chi connectivity index (χ1) is 9.74. The van der Waals surface area contributed by atoms with E-state index in [-0.39, 0.29) is 17.9 Å². The Hall–Kier alpha value is -1.75. The van der Waals surface area contributed by atoms with E-state index in [1.165, 1.54) is 0 Å². The van der Waals surface area contributed by atoms with Crippen LogP contribution in [0.25, 0.3) is 0 Å². The Labute approximate surface area is 119 Å². The highest BCUT2D eigenvalue weighted by molar-refractivity contribution is 5.80. The van der Waals surface area contributed by atoms with Gasteiger partial charge in [0.2, 0.25) is 0 Å². The second-order valence-corrected chi connectivity index (χ2v) is 4.73. The summed E-state index contributed by atoms with van der Waals surface area (Å²) in [6, 6.07) is 7.13. The van der Waals surface area contributed by atoms with Crippen molar-refractivity contribution in [3.63, 3.8) is 0 Å². The van der Waals surface area contributed by atoms with Crippen molar-refractivity contribution in [2.24, 2.45) is 5.92 Å². The molecule has 5 nitrogen and oxygen atoms in total. The molecule has 0 amide bonds. The number of methoxy groups -OCH3 is 1. The molecular formula is C15H21NO4. The Morgan fingerprint density at radius 3 is 3.05 bits per heavy atom. The van der Waals surface area contributed by atoms with Gasteiger partial charge >= 0.3 is 5.97 Å². The minimum Gasteiger partial charge on any atom is -0.497 e. The number of hydrogen-bond donors (Lipinski definition) is 1. The van der Waals surface area contributed by atoms with E-state index < -0.39 is 0 Å². The smallest absolute Gasteiger partial charge is 0.328 e. The summed E-state index contributed by atoms with van der Waals surface area (Å²) in [5.74, 6) is 0.659. The molecular weight excluding hydrogens is 258 g/mol. The van der Waals surface area contributed by atoms with Gasteiger partial charge in [-0.1, -0.05) is 6.07 Å². The zero-order chi connectivity index (χ0) is 14.4. The Morgan fingerprint density at radius 2 is 2.40 bits per heavy atom. The van der Waals surface area contributed by atoms with Gasteiger partial charge in [-0.3, -0.25) is 0 Å². The van der Waals surface area contributed by atoms with Crippen molar-refractivity contribution in [3.05, 3.63) is 24.3 Å². The minimum atomic E-state index is -0.385. The van der Waals surface area contributed by atoms with Gasteiger partial charge in [0.15, 0.2) is 0 Å². The van der Waals surface area contributed by atoms with Gasteiger partial charge in [-0.15, -0.1) is 0 Å². The predicted molar refractivity (Wildman–Crippen MR) is 76.0 cm³/mol. The number of carbonyl (C=O) groups excluding carboxylic acids is 1. The maximum Gasteiger partial charge on any atom is 0.328 e. The Balaban J connectivity index is 2.11. The first-order valence-corrected chi connectivity index (χ1v) is 6.89. The second-order valence-electron chi connectivity index (χ2n) is 4.73. The fourth-order valence-corrected chi connectivity index (χ4v) is 2.31. The first kappa shape index (κ1) is 14.7. The molecule has 1 fully saturated rings. The fraction of sp³-hybridized carbons (Fsp3) is 0.533. The van der Waals surface area contributed by atoms with Crippen LogP contribution < -0.4 is 10.1 Å². The SMILES string of the molecule is CCOC(=O)C(Nc1cccc(OC)c1)C1CCOC1. The van der Waals surface area contributed by atoms with E-state index in [0.29, 0.717) is 19.8 Å².